The second kappa shape index (κ2) is 12.2. The molecule has 5 nitrogen and oxygen atoms in total. The highest BCUT2D eigenvalue weighted by molar-refractivity contribution is 7.15. The highest BCUT2D eigenvalue weighted by Crippen LogP contribution is 2.34. The number of carbonyl (C=O) groups is 1. The molecule has 0 aliphatic carbocycles. The predicted molar refractivity (Wildman–Crippen MR) is 130 cm³/mol. The number of benzene rings is 2. The molecule has 0 aliphatic heterocycles. The Labute approximate surface area is 194 Å². The van der Waals surface area contributed by atoms with Gasteiger partial charge in [0.25, 0.3) is 0 Å². The number of aryl methyl sites for hydroxylation is 1. The Hall–Kier alpha value is -2.86. The monoisotopic (exact) mass is 453 g/mol. The lowest BCUT2D eigenvalue weighted by Crippen LogP contribution is -2.09. The van der Waals surface area contributed by atoms with Crippen molar-refractivity contribution in [1.82, 2.24) is 4.98 Å². The summed E-state index contributed by atoms with van der Waals surface area (Å²) < 4.78 is 11.1. The summed E-state index contributed by atoms with van der Waals surface area (Å²) in [5, 5.41) is 9.68. The van der Waals surface area contributed by atoms with E-state index < -0.39 is 5.97 Å². The summed E-state index contributed by atoms with van der Waals surface area (Å²) >= 11 is 1.66. The summed E-state index contributed by atoms with van der Waals surface area (Å²) in [6.07, 6.45) is 7.54. The molecule has 3 rings (SSSR count). The van der Waals surface area contributed by atoms with Crippen molar-refractivity contribution in [3.8, 4) is 33.3 Å². The molecular weight excluding hydrogens is 422 g/mol. The summed E-state index contributed by atoms with van der Waals surface area (Å²) in [5.74, 6) is 0.432. The predicted octanol–water partition coefficient (Wildman–Crippen LogP) is 6.99. The average molecular weight is 454 g/mol. The van der Waals surface area contributed by atoms with E-state index in [9.17, 15) is 4.79 Å². The minimum Gasteiger partial charge on any atom is -0.494 e. The largest absolute Gasteiger partial charge is 0.494 e. The fraction of sp³-hybridized carbons (Fsp3) is 0.385. The van der Waals surface area contributed by atoms with Crippen LogP contribution < -0.4 is 9.47 Å². The number of hydrogen-bond acceptors (Lipinski definition) is 5. The standard InChI is InChI=1S/C26H31NO4S/c1-3-4-5-6-7-8-17-30-22-15-11-21(12-16-22)26-27-25(19(2)32-26)20-9-13-23(14-10-20)31-18-24(28)29/h9-16H,3-8,17-18H2,1-2H3,(H,28,29). The maximum atomic E-state index is 10.6. The fourth-order valence-corrected chi connectivity index (χ4v) is 4.35. The third kappa shape index (κ3) is 7.09. The molecule has 3 aromatic rings. The summed E-state index contributed by atoms with van der Waals surface area (Å²) in [6, 6.07) is 15.5. The lowest BCUT2D eigenvalue weighted by atomic mass is 10.1. The fourth-order valence-electron chi connectivity index (χ4n) is 3.41. The Balaban J connectivity index is 1.56. The third-order valence-electron chi connectivity index (χ3n) is 5.15. The highest BCUT2D eigenvalue weighted by atomic mass is 32.1. The molecule has 2 aromatic carbocycles. The molecule has 0 saturated carbocycles. The van der Waals surface area contributed by atoms with Gasteiger partial charge in [-0.3, -0.25) is 0 Å². The zero-order valence-corrected chi connectivity index (χ0v) is 19.6. The van der Waals surface area contributed by atoms with E-state index in [-0.39, 0.29) is 6.61 Å². The van der Waals surface area contributed by atoms with E-state index in [2.05, 4.69) is 26.0 Å². The van der Waals surface area contributed by atoms with Gasteiger partial charge in [-0.15, -0.1) is 11.3 Å². The average Bonchev–Trinajstić information content (AvgIpc) is 3.19. The molecule has 0 atom stereocenters. The zero-order chi connectivity index (χ0) is 22.8. The lowest BCUT2D eigenvalue weighted by Gasteiger charge is -2.06. The van der Waals surface area contributed by atoms with Gasteiger partial charge in [-0.1, -0.05) is 39.0 Å². The molecule has 0 bridgehead atoms. The van der Waals surface area contributed by atoms with Gasteiger partial charge < -0.3 is 14.6 Å². The van der Waals surface area contributed by atoms with Crippen LogP contribution in [0.4, 0.5) is 0 Å². The number of carboxylic acids is 1. The molecule has 32 heavy (non-hydrogen) atoms. The summed E-state index contributed by atoms with van der Waals surface area (Å²) in [4.78, 5) is 16.6. The van der Waals surface area contributed by atoms with E-state index in [0.29, 0.717) is 5.75 Å². The summed E-state index contributed by atoms with van der Waals surface area (Å²) in [5.41, 5.74) is 2.97. The molecule has 0 aliphatic rings. The number of nitrogens with zero attached hydrogens (tertiary/aromatic N) is 1. The van der Waals surface area contributed by atoms with Gasteiger partial charge in [0.2, 0.25) is 0 Å². The van der Waals surface area contributed by atoms with Gasteiger partial charge in [0, 0.05) is 16.0 Å². The molecule has 0 saturated heterocycles. The normalized spacial score (nSPS) is 10.8. The van der Waals surface area contributed by atoms with Crippen LogP contribution in [0.2, 0.25) is 0 Å². The zero-order valence-electron chi connectivity index (χ0n) is 18.8. The van der Waals surface area contributed by atoms with Gasteiger partial charge in [0.05, 0.1) is 12.3 Å². The molecule has 1 heterocycles. The van der Waals surface area contributed by atoms with Crippen molar-refractivity contribution in [2.24, 2.45) is 0 Å². The summed E-state index contributed by atoms with van der Waals surface area (Å²) in [7, 11) is 0. The maximum Gasteiger partial charge on any atom is 0.341 e. The van der Waals surface area contributed by atoms with Gasteiger partial charge in [-0.2, -0.15) is 0 Å². The van der Waals surface area contributed by atoms with Crippen LogP contribution in [0.3, 0.4) is 0 Å². The van der Waals surface area contributed by atoms with Gasteiger partial charge in [0.15, 0.2) is 6.61 Å². The van der Waals surface area contributed by atoms with E-state index in [4.69, 9.17) is 19.6 Å². The maximum absolute atomic E-state index is 10.6. The third-order valence-corrected chi connectivity index (χ3v) is 6.17. The van der Waals surface area contributed by atoms with Crippen molar-refractivity contribution in [1.29, 1.82) is 0 Å². The molecule has 0 unspecified atom stereocenters. The Morgan fingerprint density at radius 2 is 1.47 bits per heavy atom. The van der Waals surface area contributed by atoms with E-state index in [0.717, 1.165) is 45.5 Å². The molecule has 1 aromatic heterocycles. The smallest absolute Gasteiger partial charge is 0.341 e. The summed E-state index contributed by atoms with van der Waals surface area (Å²) in [6.45, 7) is 4.71. The number of ether oxygens (including phenoxy) is 2. The van der Waals surface area contributed by atoms with Gasteiger partial charge in [-0.25, -0.2) is 9.78 Å². The van der Waals surface area contributed by atoms with Crippen LogP contribution in [-0.4, -0.2) is 29.3 Å². The van der Waals surface area contributed by atoms with Gasteiger partial charge in [0.1, 0.15) is 16.5 Å². The van der Waals surface area contributed by atoms with E-state index >= 15 is 0 Å². The minimum atomic E-state index is -0.993. The first-order valence-corrected chi connectivity index (χ1v) is 12.0. The molecule has 0 radical (unpaired) electrons. The first-order valence-electron chi connectivity index (χ1n) is 11.2. The van der Waals surface area contributed by atoms with Crippen LogP contribution >= 0.6 is 11.3 Å². The van der Waals surface area contributed by atoms with Crippen molar-refractivity contribution in [2.45, 2.75) is 52.4 Å². The first kappa shape index (κ1) is 23.8. The molecule has 1 N–H and O–H groups in total. The van der Waals surface area contributed by atoms with Crippen LogP contribution in [0, 0.1) is 6.92 Å². The Bertz CT molecular complexity index is 980. The van der Waals surface area contributed by atoms with Crippen molar-refractivity contribution >= 4 is 17.3 Å². The van der Waals surface area contributed by atoms with Gasteiger partial charge in [-0.05, 0) is 61.9 Å². The number of aromatic nitrogens is 1. The second-order valence-corrected chi connectivity index (χ2v) is 8.97. The van der Waals surface area contributed by atoms with Crippen LogP contribution in [0.15, 0.2) is 48.5 Å². The number of thiazole rings is 1. The number of aliphatic carboxylic acids is 1. The first-order chi connectivity index (χ1) is 15.6. The quantitative estimate of drug-likeness (QED) is 0.283. The van der Waals surface area contributed by atoms with Crippen LogP contribution in [0.1, 0.15) is 50.3 Å². The van der Waals surface area contributed by atoms with Crippen molar-refractivity contribution < 1.29 is 19.4 Å². The molecular formula is C26H31NO4S. The Morgan fingerprint density at radius 1 is 0.875 bits per heavy atom. The molecule has 0 fully saturated rings. The van der Waals surface area contributed by atoms with E-state index in [1.165, 1.54) is 32.1 Å². The van der Waals surface area contributed by atoms with E-state index in [1.54, 1.807) is 23.5 Å². The second-order valence-electron chi connectivity index (χ2n) is 7.77. The van der Waals surface area contributed by atoms with Gasteiger partial charge >= 0.3 is 5.97 Å². The van der Waals surface area contributed by atoms with Crippen LogP contribution in [0.5, 0.6) is 11.5 Å². The van der Waals surface area contributed by atoms with Crippen LogP contribution in [-0.2, 0) is 4.79 Å². The molecule has 6 heteroatoms. The number of unbranched alkanes of at least 4 members (excludes halogenated alkanes) is 5. The minimum absolute atomic E-state index is 0.349. The van der Waals surface area contributed by atoms with Crippen molar-refractivity contribution in [2.75, 3.05) is 13.2 Å². The van der Waals surface area contributed by atoms with Crippen LogP contribution in [0.25, 0.3) is 21.8 Å². The Kier molecular flexibility index (Phi) is 9.11. The Morgan fingerprint density at radius 3 is 2.12 bits per heavy atom. The number of carboxylic acid groups (broad SMARTS) is 1. The van der Waals surface area contributed by atoms with Crippen molar-refractivity contribution in [3.05, 3.63) is 53.4 Å². The topological polar surface area (TPSA) is 68.7 Å². The molecule has 0 spiro atoms. The molecule has 0 amide bonds. The highest BCUT2D eigenvalue weighted by Gasteiger charge is 2.12. The number of rotatable bonds is 13. The SMILES string of the molecule is CCCCCCCCOc1ccc(-c2nc(-c3ccc(OCC(=O)O)cc3)c(C)s2)cc1. The molecule has 170 valence electrons. The van der Waals surface area contributed by atoms with Crippen molar-refractivity contribution in [3.63, 3.8) is 0 Å². The lowest BCUT2D eigenvalue weighted by molar-refractivity contribution is -0.139. The number of hydrogen-bond donors (Lipinski definition) is 1. The van der Waals surface area contributed by atoms with E-state index in [1.807, 2.05) is 24.3 Å².